The van der Waals surface area contributed by atoms with Gasteiger partial charge < -0.3 is 14.8 Å². The number of carbonyl (C=O) groups is 1. The molecule has 0 saturated heterocycles. The van der Waals surface area contributed by atoms with Crippen LogP contribution in [0, 0.1) is 19.8 Å². The van der Waals surface area contributed by atoms with Crippen molar-refractivity contribution in [1.29, 1.82) is 0 Å². The summed E-state index contributed by atoms with van der Waals surface area (Å²) in [5, 5.41) is 21.1. The summed E-state index contributed by atoms with van der Waals surface area (Å²) in [4.78, 5) is 12.8. The number of aromatic hydroxyl groups is 1. The van der Waals surface area contributed by atoms with E-state index >= 15 is 0 Å². The molecule has 2 unspecified atom stereocenters. The normalized spacial score (nSPS) is 13.4. The molecular weight excluding hydrogens is 406 g/mol. The molecule has 2 aromatic carbocycles. The number of hydrogen-bond donors (Lipinski definition) is 2. The molecule has 3 rings (SSSR count). The van der Waals surface area contributed by atoms with Crippen LogP contribution < -0.4 is 0 Å². The van der Waals surface area contributed by atoms with Gasteiger partial charge >= 0.3 is 5.97 Å². The summed E-state index contributed by atoms with van der Waals surface area (Å²) in [5.74, 6) is -1.77. The first-order chi connectivity index (χ1) is 13.7. The molecule has 0 aliphatic carbocycles. The molecule has 1 heterocycles. The molecule has 1 aromatic heterocycles. The van der Waals surface area contributed by atoms with Crippen LogP contribution in [0.5, 0.6) is 5.75 Å². The average Bonchev–Trinajstić information content (AvgIpc) is 2.93. The van der Waals surface area contributed by atoms with Crippen LogP contribution in [0.3, 0.4) is 0 Å². The van der Waals surface area contributed by atoms with Crippen LogP contribution in [0.15, 0.2) is 36.4 Å². The Morgan fingerprint density at radius 1 is 1.21 bits per heavy atom. The van der Waals surface area contributed by atoms with Crippen LogP contribution in [-0.2, 0) is 4.79 Å². The zero-order valence-electron chi connectivity index (χ0n) is 16.9. The number of halogens is 1. The quantitative estimate of drug-likeness (QED) is 0.484. The summed E-state index contributed by atoms with van der Waals surface area (Å²) in [6, 6.07) is 11.1. The van der Waals surface area contributed by atoms with E-state index in [9.17, 15) is 15.0 Å². The van der Waals surface area contributed by atoms with Gasteiger partial charge in [0.2, 0.25) is 0 Å². The summed E-state index contributed by atoms with van der Waals surface area (Å²) < 4.78 is 1.87. The standard InChI is InChI=1S/C23H24ClNO3S/c1-5-13(3)20(23(27)28)21-14(4)25(18-11-17(24)19(26)10-16(18)21)22(29)15-8-6-12(2)7-9-15/h6-11,13,20,26H,5H2,1-4H3,(H,27,28). The fourth-order valence-corrected chi connectivity index (χ4v) is 4.34. The summed E-state index contributed by atoms with van der Waals surface area (Å²) in [7, 11) is 0. The van der Waals surface area contributed by atoms with E-state index in [0.717, 1.165) is 16.8 Å². The number of aryl methyl sites for hydroxylation is 1. The van der Waals surface area contributed by atoms with Gasteiger partial charge in [0, 0.05) is 16.6 Å². The molecule has 0 spiro atoms. The molecule has 0 radical (unpaired) electrons. The van der Waals surface area contributed by atoms with E-state index in [1.54, 1.807) is 12.1 Å². The third-order valence-corrected chi connectivity index (χ3v) is 6.33. The summed E-state index contributed by atoms with van der Waals surface area (Å²) in [6.07, 6.45) is 0.713. The van der Waals surface area contributed by atoms with Gasteiger partial charge in [-0.3, -0.25) is 4.79 Å². The van der Waals surface area contributed by atoms with Crippen molar-refractivity contribution in [3.8, 4) is 5.75 Å². The second kappa shape index (κ2) is 8.17. The Morgan fingerprint density at radius 3 is 2.38 bits per heavy atom. The lowest BCUT2D eigenvalue weighted by Crippen LogP contribution is -2.21. The van der Waals surface area contributed by atoms with Gasteiger partial charge in [-0.05, 0) is 37.5 Å². The van der Waals surface area contributed by atoms with Gasteiger partial charge in [-0.1, -0.05) is 73.9 Å². The molecule has 0 bridgehead atoms. The van der Waals surface area contributed by atoms with Crippen molar-refractivity contribution in [2.45, 2.75) is 40.0 Å². The number of thiocarbonyl (C=S) groups is 1. The van der Waals surface area contributed by atoms with Crippen LogP contribution in [-0.4, -0.2) is 25.7 Å². The monoisotopic (exact) mass is 429 g/mol. The largest absolute Gasteiger partial charge is 0.506 e. The van der Waals surface area contributed by atoms with E-state index in [2.05, 4.69) is 0 Å². The van der Waals surface area contributed by atoms with Gasteiger partial charge in [0.15, 0.2) is 0 Å². The van der Waals surface area contributed by atoms with Crippen LogP contribution in [0.1, 0.15) is 48.6 Å². The topological polar surface area (TPSA) is 62.5 Å². The van der Waals surface area contributed by atoms with Crippen LogP contribution in [0.25, 0.3) is 10.9 Å². The first-order valence-electron chi connectivity index (χ1n) is 9.54. The minimum Gasteiger partial charge on any atom is -0.506 e. The number of hydrogen-bond acceptors (Lipinski definition) is 3. The first-order valence-corrected chi connectivity index (χ1v) is 10.3. The minimum absolute atomic E-state index is 0.0767. The van der Waals surface area contributed by atoms with Crippen LogP contribution >= 0.6 is 23.8 Å². The number of carboxylic acids is 1. The van der Waals surface area contributed by atoms with Crippen molar-refractivity contribution in [2.24, 2.45) is 5.92 Å². The third-order valence-electron chi connectivity index (χ3n) is 5.61. The van der Waals surface area contributed by atoms with E-state index in [1.807, 2.05) is 56.5 Å². The highest BCUT2D eigenvalue weighted by Crippen LogP contribution is 2.41. The molecule has 4 nitrogen and oxygen atoms in total. The van der Waals surface area contributed by atoms with Gasteiger partial charge in [0.05, 0.1) is 16.5 Å². The number of aliphatic carboxylic acids is 1. The third kappa shape index (κ3) is 3.77. The summed E-state index contributed by atoms with van der Waals surface area (Å²) >= 11 is 12.0. The fourth-order valence-electron chi connectivity index (χ4n) is 3.81. The Bertz CT molecular complexity index is 1100. The number of nitrogens with zero attached hydrogens (tertiary/aromatic N) is 1. The van der Waals surface area contributed by atoms with Crippen molar-refractivity contribution < 1.29 is 15.0 Å². The number of aromatic nitrogens is 1. The number of carboxylic acid groups (broad SMARTS) is 1. The predicted molar refractivity (Wildman–Crippen MR) is 121 cm³/mol. The van der Waals surface area contributed by atoms with E-state index in [0.29, 0.717) is 27.9 Å². The number of rotatable bonds is 5. The van der Waals surface area contributed by atoms with Gasteiger partial charge in [-0.2, -0.15) is 0 Å². The molecule has 0 aliphatic rings. The Morgan fingerprint density at radius 2 is 1.83 bits per heavy atom. The Balaban J connectivity index is 2.35. The second-order valence-corrected chi connectivity index (χ2v) is 8.32. The molecular formula is C23H24ClNO3S. The molecule has 0 aliphatic heterocycles. The zero-order valence-corrected chi connectivity index (χ0v) is 18.4. The lowest BCUT2D eigenvalue weighted by Gasteiger charge is -2.20. The molecule has 2 N–H and O–H groups in total. The average molecular weight is 430 g/mol. The fraction of sp³-hybridized carbons (Fsp3) is 0.304. The number of fused-ring (bicyclic) bond motifs is 1. The first kappa shape index (κ1) is 21.3. The molecule has 0 fully saturated rings. The molecule has 152 valence electrons. The van der Waals surface area contributed by atoms with Crippen LogP contribution in [0.2, 0.25) is 5.02 Å². The van der Waals surface area contributed by atoms with Crippen molar-refractivity contribution >= 4 is 45.7 Å². The van der Waals surface area contributed by atoms with E-state index in [1.165, 1.54) is 0 Å². The van der Waals surface area contributed by atoms with E-state index in [4.69, 9.17) is 23.8 Å². The molecule has 0 saturated carbocycles. The van der Waals surface area contributed by atoms with E-state index in [-0.39, 0.29) is 16.7 Å². The zero-order chi connectivity index (χ0) is 21.5. The van der Waals surface area contributed by atoms with Gasteiger partial charge in [0.1, 0.15) is 10.7 Å². The minimum atomic E-state index is -0.891. The maximum absolute atomic E-state index is 12.2. The molecule has 0 amide bonds. The maximum atomic E-state index is 12.2. The lowest BCUT2D eigenvalue weighted by molar-refractivity contribution is -0.140. The Labute approximate surface area is 180 Å². The van der Waals surface area contributed by atoms with Crippen LogP contribution in [0.4, 0.5) is 0 Å². The second-order valence-electron chi connectivity index (χ2n) is 7.53. The number of phenols is 1. The number of phenolic OH excluding ortho intramolecular Hbond substituents is 1. The van der Waals surface area contributed by atoms with Crippen molar-refractivity contribution in [3.05, 3.63) is 63.8 Å². The molecule has 6 heteroatoms. The molecule has 3 aromatic rings. The van der Waals surface area contributed by atoms with Gasteiger partial charge in [-0.25, -0.2) is 0 Å². The highest BCUT2D eigenvalue weighted by Gasteiger charge is 2.32. The number of benzene rings is 2. The van der Waals surface area contributed by atoms with E-state index < -0.39 is 11.9 Å². The maximum Gasteiger partial charge on any atom is 0.311 e. The van der Waals surface area contributed by atoms with Crippen molar-refractivity contribution in [3.63, 3.8) is 0 Å². The summed E-state index contributed by atoms with van der Waals surface area (Å²) in [6.45, 7) is 7.78. The van der Waals surface area contributed by atoms with Crippen molar-refractivity contribution in [2.75, 3.05) is 0 Å². The SMILES string of the molecule is CCC(C)C(C(=O)O)c1c(C)n(C(=S)c2ccc(C)cc2)c2cc(Cl)c(O)cc12. The molecule has 2 atom stereocenters. The molecule has 29 heavy (non-hydrogen) atoms. The predicted octanol–water partition coefficient (Wildman–Crippen LogP) is 6.06. The highest BCUT2D eigenvalue weighted by molar-refractivity contribution is 7.80. The highest BCUT2D eigenvalue weighted by atomic mass is 35.5. The summed E-state index contributed by atoms with van der Waals surface area (Å²) in [5.41, 5.74) is 4.10. The van der Waals surface area contributed by atoms with Gasteiger partial charge in [0.25, 0.3) is 0 Å². The van der Waals surface area contributed by atoms with Gasteiger partial charge in [-0.15, -0.1) is 0 Å². The van der Waals surface area contributed by atoms with Crippen molar-refractivity contribution in [1.82, 2.24) is 4.57 Å². The Kier molecular flexibility index (Phi) is 6.01. The lowest BCUT2D eigenvalue weighted by atomic mass is 9.84. The smallest absolute Gasteiger partial charge is 0.311 e. The Hall–Kier alpha value is -2.37.